The molecule has 0 saturated carbocycles. The number of rotatable bonds is 7. The van der Waals surface area contributed by atoms with Crippen LogP contribution in [0.1, 0.15) is 48.2 Å². The number of amides is 1. The lowest BCUT2D eigenvalue weighted by atomic mass is 9.93. The van der Waals surface area contributed by atoms with Gasteiger partial charge in [0.1, 0.15) is 0 Å². The van der Waals surface area contributed by atoms with Gasteiger partial charge in [0.25, 0.3) is 0 Å². The Bertz CT molecular complexity index is 459. The van der Waals surface area contributed by atoms with Crippen molar-refractivity contribution >= 4 is 17.2 Å². The first kappa shape index (κ1) is 17.4. The van der Waals surface area contributed by atoms with Crippen LogP contribution in [0.2, 0.25) is 0 Å². The minimum absolute atomic E-state index is 0.224. The van der Waals surface area contributed by atoms with Crippen molar-refractivity contribution in [3.8, 4) is 0 Å². The van der Waals surface area contributed by atoms with Gasteiger partial charge in [0, 0.05) is 24.3 Å². The molecule has 4 nitrogen and oxygen atoms in total. The molecule has 2 heterocycles. The minimum atomic E-state index is 0.224. The number of piperidine rings is 1. The molecule has 1 saturated heterocycles. The molecule has 0 radical (unpaired) electrons. The first-order valence-corrected chi connectivity index (χ1v) is 9.32. The zero-order chi connectivity index (χ0) is 15.9. The number of carbonyl (C=O) groups is 1. The maximum Gasteiger partial charge on any atom is 0.220 e. The molecule has 1 aromatic rings. The van der Waals surface area contributed by atoms with Gasteiger partial charge in [-0.05, 0) is 58.7 Å². The van der Waals surface area contributed by atoms with Gasteiger partial charge < -0.3 is 10.2 Å². The zero-order valence-electron chi connectivity index (χ0n) is 14.2. The average molecular weight is 324 g/mol. The summed E-state index contributed by atoms with van der Waals surface area (Å²) in [7, 11) is 0. The number of hydrogen-bond acceptors (Lipinski definition) is 4. The molecule has 22 heavy (non-hydrogen) atoms. The number of aryl methyl sites for hydroxylation is 3. The second kappa shape index (κ2) is 8.63. The van der Waals surface area contributed by atoms with Gasteiger partial charge in [-0.2, -0.15) is 0 Å². The molecule has 0 bridgehead atoms. The second-order valence-corrected chi connectivity index (χ2v) is 7.57. The van der Waals surface area contributed by atoms with E-state index in [1.54, 1.807) is 11.3 Å². The molecule has 1 fully saturated rings. The average Bonchev–Trinajstić information content (AvgIpc) is 2.83. The molecule has 5 heteroatoms. The number of likely N-dealkylation sites (tertiary alicyclic amines) is 1. The van der Waals surface area contributed by atoms with Crippen LogP contribution in [-0.2, 0) is 11.2 Å². The summed E-state index contributed by atoms with van der Waals surface area (Å²) in [4.78, 5) is 20.3. The summed E-state index contributed by atoms with van der Waals surface area (Å²) in [5, 5.41) is 4.26. The number of nitrogens with one attached hydrogen (secondary N) is 1. The SMILES string of the molecule is CCN1CCC(CC(=O)NCCCc2nc(C)c(C)s2)CC1. The number of thiazole rings is 1. The molecule has 124 valence electrons. The van der Waals surface area contributed by atoms with E-state index < -0.39 is 0 Å². The van der Waals surface area contributed by atoms with Gasteiger partial charge in [0.05, 0.1) is 10.7 Å². The van der Waals surface area contributed by atoms with Crippen LogP contribution in [0.3, 0.4) is 0 Å². The van der Waals surface area contributed by atoms with E-state index in [4.69, 9.17) is 0 Å². The summed E-state index contributed by atoms with van der Waals surface area (Å²) in [6.07, 6.45) is 4.98. The third-order valence-electron chi connectivity index (χ3n) is 4.59. The Balaban J connectivity index is 1.58. The summed E-state index contributed by atoms with van der Waals surface area (Å²) in [5.74, 6) is 0.800. The van der Waals surface area contributed by atoms with Crippen LogP contribution >= 0.6 is 11.3 Å². The fraction of sp³-hybridized carbons (Fsp3) is 0.765. The Morgan fingerprint density at radius 3 is 2.68 bits per heavy atom. The topological polar surface area (TPSA) is 45.2 Å². The lowest BCUT2D eigenvalue weighted by molar-refractivity contribution is -0.122. The molecular formula is C17H29N3OS. The van der Waals surface area contributed by atoms with Crippen LogP contribution in [0.4, 0.5) is 0 Å². The van der Waals surface area contributed by atoms with E-state index in [2.05, 4.69) is 36.0 Å². The highest BCUT2D eigenvalue weighted by Gasteiger charge is 2.20. The molecule has 1 aliphatic rings. The maximum absolute atomic E-state index is 12.0. The standard InChI is InChI=1S/C17H29N3OS/c1-4-20-10-7-15(8-11-20)12-16(21)18-9-5-6-17-19-13(2)14(3)22-17/h15H,4-12H2,1-3H3,(H,18,21). The summed E-state index contributed by atoms with van der Waals surface area (Å²) in [5.41, 5.74) is 1.14. The summed E-state index contributed by atoms with van der Waals surface area (Å²) < 4.78 is 0. The number of hydrogen-bond donors (Lipinski definition) is 1. The van der Waals surface area contributed by atoms with Crippen LogP contribution in [0.15, 0.2) is 0 Å². The van der Waals surface area contributed by atoms with Crippen LogP contribution in [0.25, 0.3) is 0 Å². The van der Waals surface area contributed by atoms with Gasteiger partial charge in [0.2, 0.25) is 5.91 Å². The van der Waals surface area contributed by atoms with Crippen molar-refractivity contribution in [3.63, 3.8) is 0 Å². The summed E-state index contributed by atoms with van der Waals surface area (Å²) >= 11 is 1.78. The van der Waals surface area contributed by atoms with Crippen molar-refractivity contribution in [2.24, 2.45) is 5.92 Å². The Kier molecular flexibility index (Phi) is 6.83. The van der Waals surface area contributed by atoms with Gasteiger partial charge >= 0.3 is 0 Å². The molecule has 1 aliphatic heterocycles. The van der Waals surface area contributed by atoms with E-state index in [0.29, 0.717) is 12.3 Å². The fourth-order valence-corrected chi connectivity index (χ4v) is 3.93. The normalized spacial score (nSPS) is 16.9. The van der Waals surface area contributed by atoms with E-state index in [1.807, 2.05) is 0 Å². The Hall–Kier alpha value is -0.940. The Morgan fingerprint density at radius 2 is 2.09 bits per heavy atom. The van der Waals surface area contributed by atoms with E-state index in [1.165, 1.54) is 22.7 Å². The van der Waals surface area contributed by atoms with Gasteiger partial charge in [-0.1, -0.05) is 6.92 Å². The van der Waals surface area contributed by atoms with E-state index in [9.17, 15) is 4.79 Å². The zero-order valence-corrected chi connectivity index (χ0v) is 15.0. The van der Waals surface area contributed by atoms with Crippen molar-refractivity contribution in [1.82, 2.24) is 15.2 Å². The van der Waals surface area contributed by atoms with Crippen molar-refractivity contribution in [3.05, 3.63) is 15.6 Å². The third kappa shape index (κ3) is 5.36. The molecule has 0 atom stereocenters. The molecule has 0 aromatic carbocycles. The van der Waals surface area contributed by atoms with Gasteiger partial charge in [-0.3, -0.25) is 4.79 Å². The van der Waals surface area contributed by atoms with E-state index >= 15 is 0 Å². The molecule has 2 rings (SSSR count). The van der Waals surface area contributed by atoms with Crippen LogP contribution in [-0.4, -0.2) is 42.0 Å². The number of aromatic nitrogens is 1. The minimum Gasteiger partial charge on any atom is -0.356 e. The smallest absolute Gasteiger partial charge is 0.220 e. The van der Waals surface area contributed by atoms with Gasteiger partial charge in [-0.15, -0.1) is 11.3 Å². The molecule has 0 aliphatic carbocycles. The molecule has 0 spiro atoms. The monoisotopic (exact) mass is 323 g/mol. The molecular weight excluding hydrogens is 294 g/mol. The van der Waals surface area contributed by atoms with Crippen LogP contribution < -0.4 is 5.32 Å². The largest absolute Gasteiger partial charge is 0.356 e. The summed E-state index contributed by atoms with van der Waals surface area (Å²) in [6, 6.07) is 0. The van der Waals surface area contributed by atoms with Gasteiger partial charge in [0.15, 0.2) is 0 Å². The first-order chi connectivity index (χ1) is 10.6. The fourth-order valence-electron chi connectivity index (χ4n) is 2.95. The van der Waals surface area contributed by atoms with E-state index in [-0.39, 0.29) is 5.91 Å². The maximum atomic E-state index is 12.0. The first-order valence-electron chi connectivity index (χ1n) is 8.50. The predicted molar refractivity (Wildman–Crippen MR) is 92.4 cm³/mol. The number of carbonyl (C=O) groups excluding carboxylic acids is 1. The predicted octanol–water partition coefficient (Wildman–Crippen LogP) is 2.93. The quantitative estimate of drug-likeness (QED) is 0.785. The summed E-state index contributed by atoms with van der Waals surface area (Å²) in [6.45, 7) is 10.6. The molecule has 1 N–H and O–H groups in total. The number of nitrogens with zero attached hydrogens (tertiary/aromatic N) is 2. The van der Waals surface area contributed by atoms with Crippen molar-refractivity contribution in [1.29, 1.82) is 0 Å². The van der Waals surface area contributed by atoms with E-state index in [0.717, 1.165) is 44.7 Å². The Labute approximate surface area is 138 Å². The van der Waals surface area contributed by atoms with Crippen LogP contribution in [0.5, 0.6) is 0 Å². The highest BCUT2D eigenvalue weighted by Crippen LogP contribution is 2.20. The van der Waals surface area contributed by atoms with Crippen molar-refractivity contribution in [2.45, 2.75) is 52.9 Å². The van der Waals surface area contributed by atoms with Crippen molar-refractivity contribution in [2.75, 3.05) is 26.2 Å². The van der Waals surface area contributed by atoms with Gasteiger partial charge in [-0.25, -0.2) is 4.98 Å². The molecule has 0 unspecified atom stereocenters. The lowest BCUT2D eigenvalue weighted by Crippen LogP contribution is -2.35. The second-order valence-electron chi connectivity index (χ2n) is 6.28. The third-order valence-corrected chi connectivity index (χ3v) is 5.72. The molecule has 1 amide bonds. The van der Waals surface area contributed by atoms with Crippen molar-refractivity contribution < 1.29 is 4.79 Å². The highest BCUT2D eigenvalue weighted by atomic mass is 32.1. The van der Waals surface area contributed by atoms with Crippen LogP contribution in [0, 0.1) is 19.8 Å². The lowest BCUT2D eigenvalue weighted by Gasteiger charge is -2.30. The highest BCUT2D eigenvalue weighted by molar-refractivity contribution is 7.11. The molecule has 1 aromatic heterocycles. The Morgan fingerprint density at radius 1 is 1.36 bits per heavy atom.